The van der Waals surface area contributed by atoms with Crippen LogP contribution in [0.1, 0.15) is 18.4 Å². The molecule has 4 heteroatoms. The van der Waals surface area contributed by atoms with Gasteiger partial charge in [0.25, 0.3) is 0 Å². The van der Waals surface area contributed by atoms with Crippen LogP contribution in [0.2, 0.25) is 5.02 Å². The molecular weight excluding hydrogens is 241 g/mol. The lowest BCUT2D eigenvalue weighted by Crippen LogP contribution is -2.20. The number of halogens is 2. The van der Waals surface area contributed by atoms with Crippen molar-refractivity contribution >= 4 is 11.6 Å². The molecule has 2 rings (SSSR count). The third-order valence-electron chi connectivity index (χ3n) is 2.80. The Morgan fingerprint density at radius 2 is 2.24 bits per heavy atom. The van der Waals surface area contributed by atoms with Gasteiger partial charge in [-0.2, -0.15) is 0 Å². The van der Waals surface area contributed by atoms with Crippen LogP contribution >= 0.6 is 11.6 Å². The molecule has 1 saturated carbocycles. The number of rotatable bonds is 7. The van der Waals surface area contributed by atoms with Gasteiger partial charge in [-0.1, -0.05) is 11.6 Å². The number of nitrogens with one attached hydrogen (secondary N) is 1. The Labute approximate surface area is 106 Å². The van der Waals surface area contributed by atoms with Crippen LogP contribution in [0.5, 0.6) is 0 Å². The molecule has 0 amide bonds. The highest BCUT2D eigenvalue weighted by atomic mass is 35.5. The Morgan fingerprint density at radius 3 is 3.00 bits per heavy atom. The summed E-state index contributed by atoms with van der Waals surface area (Å²) in [6, 6.07) is 4.41. The highest BCUT2D eigenvalue weighted by Gasteiger charge is 2.20. The summed E-state index contributed by atoms with van der Waals surface area (Å²) in [6.45, 7) is 2.91. The van der Waals surface area contributed by atoms with E-state index in [-0.39, 0.29) is 5.82 Å². The summed E-state index contributed by atoms with van der Waals surface area (Å²) in [5, 5.41) is 3.78. The van der Waals surface area contributed by atoms with Crippen molar-refractivity contribution in [3.8, 4) is 0 Å². The zero-order chi connectivity index (χ0) is 12.1. The average molecular weight is 258 g/mol. The van der Waals surface area contributed by atoms with Crippen LogP contribution < -0.4 is 5.32 Å². The summed E-state index contributed by atoms with van der Waals surface area (Å²) in [5.74, 6) is 0.545. The Morgan fingerprint density at radius 1 is 1.41 bits per heavy atom. The van der Waals surface area contributed by atoms with E-state index in [1.807, 2.05) is 0 Å². The van der Waals surface area contributed by atoms with E-state index < -0.39 is 0 Å². The monoisotopic (exact) mass is 257 g/mol. The third kappa shape index (κ3) is 4.62. The second-order valence-electron chi connectivity index (χ2n) is 4.43. The Kier molecular flexibility index (Phi) is 4.77. The fraction of sp³-hybridized carbons (Fsp3) is 0.538. The molecule has 1 aromatic carbocycles. The maximum atomic E-state index is 13.0. The molecule has 0 radical (unpaired) electrons. The number of hydrogen-bond acceptors (Lipinski definition) is 2. The van der Waals surface area contributed by atoms with Crippen LogP contribution in [-0.4, -0.2) is 19.8 Å². The minimum Gasteiger partial charge on any atom is -0.380 e. The van der Waals surface area contributed by atoms with Crippen LogP contribution in [0.4, 0.5) is 4.39 Å². The van der Waals surface area contributed by atoms with Crippen LogP contribution in [0.3, 0.4) is 0 Å². The van der Waals surface area contributed by atoms with E-state index >= 15 is 0 Å². The Hall–Kier alpha value is -0.640. The summed E-state index contributed by atoms with van der Waals surface area (Å²) in [5.41, 5.74) is 0.786. The molecule has 1 aliphatic rings. The summed E-state index contributed by atoms with van der Waals surface area (Å²) in [7, 11) is 0. The third-order valence-corrected chi connectivity index (χ3v) is 3.17. The summed E-state index contributed by atoms with van der Waals surface area (Å²) < 4.78 is 18.4. The Balaban J connectivity index is 1.61. The van der Waals surface area contributed by atoms with E-state index in [4.69, 9.17) is 16.3 Å². The average Bonchev–Trinajstić information content (AvgIpc) is 3.11. The molecule has 0 bridgehead atoms. The molecule has 1 aliphatic carbocycles. The van der Waals surface area contributed by atoms with E-state index in [1.54, 1.807) is 6.07 Å². The molecule has 0 heterocycles. The first kappa shape index (κ1) is 12.8. The van der Waals surface area contributed by atoms with Gasteiger partial charge < -0.3 is 10.1 Å². The van der Waals surface area contributed by atoms with Gasteiger partial charge in [-0.05, 0) is 42.5 Å². The number of hydrogen-bond donors (Lipinski definition) is 1. The van der Waals surface area contributed by atoms with Gasteiger partial charge in [0.1, 0.15) is 5.82 Å². The molecule has 94 valence electrons. The lowest BCUT2D eigenvalue weighted by atomic mass is 10.2. The van der Waals surface area contributed by atoms with Gasteiger partial charge in [0, 0.05) is 24.7 Å². The molecule has 0 atom stereocenters. The Bertz CT molecular complexity index is 368. The summed E-state index contributed by atoms with van der Waals surface area (Å²) in [6.07, 6.45) is 2.62. The topological polar surface area (TPSA) is 21.3 Å². The molecular formula is C13H17ClFNO. The molecule has 1 N–H and O–H groups in total. The molecule has 0 spiro atoms. The largest absolute Gasteiger partial charge is 0.380 e. The van der Waals surface area contributed by atoms with Crippen LogP contribution in [-0.2, 0) is 11.3 Å². The minimum absolute atomic E-state index is 0.254. The van der Waals surface area contributed by atoms with Crippen molar-refractivity contribution in [3.63, 3.8) is 0 Å². The molecule has 0 aliphatic heterocycles. The molecule has 1 aromatic rings. The van der Waals surface area contributed by atoms with Crippen molar-refractivity contribution in [2.45, 2.75) is 19.4 Å². The van der Waals surface area contributed by atoms with Gasteiger partial charge in [-0.3, -0.25) is 0 Å². The molecule has 2 nitrogen and oxygen atoms in total. The molecule has 17 heavy (non-hydrogen) atoms. The first-order chi connectivity index (χ1) is 8.25. The quantitative estimate of drug-likeness (QED) is 0.759. The molecule has 1 fully saturated rings. The first-order valence-corrected chi connectivity index (χ1v) is 6.36. The van der Waals surface area contributed by atoms with Crippen LogP contribution in [0.15, 0.2) is 18.2 Å². The molecule has 0 unspecified atom stereocenters. The maximum absolute atomic E-state index is 13.0. The van der Waals surface area contributed by atoms with Gasteiger partial charge in [0.2, 0.25) is 0 Å². The van der Waals surface area contributed by atoms with E-state index in [0.29, 0.717) is 18.2 Å². The van der Waals surface area contributed by atoms with Gasteiger partial charge in [0.05, 0.1) is 6.61 Å². The maximum Gasteiger partial charge on any atom is 0.123 e. The predicted octanol–water partition coefficient (Wildman–Crippen LogP) is 3.00. The number of benzene rings is 1. The van der Waals surface area contributed by atoms with Gasteiger partial charge in [0.15, 0.2) is 0 Å². The van der Waals surface area contributed by atoms with E-state index in [2.05, 4.69) is 5.32 Å². The van der Waals surface area contributed by atoms with E-state index in [1.165, 1.54) is 25.0 Å². The zero-order valence-corrected chi connectivity index (χ0v) is 10.5. The second-order valence-corrected chi connectivity index (χ2v) is 4.84. The van der Waals surface area contributed by atoms with E-state index in [9.17, 15) is 4.39 Å². The highest BCUT2D eigenvalue weighted by molar-refractivity contribution is 6.31. The van der Waals surface area contributed by atoms with Gasteiger partial charge in [-0.15, -0.1) is 0 Å². The number of ether oxygens (including phenoxy) is 1. The van der Waals surface area contributed by atoms with Crippen molar-refractivity contribution in [1.29, 1.82) is 0 Å². The normalized spacial score (nSPS) is 15.2. The smallest absolute Gasteiger partial charge is 0.123 e. The molecule has 0 saturated heterocycles. The summed E-state index contributed by atoms with van der Waals surface area (Å²) >= 11 is 5.95. The SMILES string of the molecule is Fc1ccc(Cl)c(CNCCOCC2CC2)c1. The van der Waals surface area contributed by atoms with Gasteiger partial charge >= 0.3 is 0 Å². The standard InChI is InChI=1S/C13H17ClFNO/c14-13-4-3-12(15)7-11(13)8-16-5-6-17-9-10-1-2-10/h3-4,7,10,16H,1-2,5-6,8-9H2. The lowest BCUT2D eigenvalue weighted by molar-refractivity contribution is 0.126. The fourth-order valence-corrected chi connectivity index (χ4v) is 1.77. The van der Waals surface area contributed by atoms with Crippen molar-refractivity contribution in [3.05, 3.63) is 34.6 Å². The van der Waals surface area contributed by atoms with Crippen molar-refractivity contribution in [2.75, 3.05) is 19.8 Å². The van der Waals surface area contributed by atoms with Gasteiger partial charge in [-0.25, -0.2) is 4.39 Å². The van der Waals surface area contributed by atoms with Crippen LogP contribution in [0.25, 0.3) is 0 Å². The molecule has 0 aromatic heterocycles. The van der Waals surface area contributed by atoms with Crippen LogP contribution in [0, 0.1) is 11.7 Å². The fourth-order valence-electron chi connectivity index (χ4n) is 1.58. The predicted molar refractivity (Wildman–Crippen MR) is 66.7 cm³/mol. The lowest BCUT2D eigenvalue weighted by Gasteiger charge is -2.07. The minimum atomic E-state index is -0.254. The van der Waals surface area contributed by atoms with Crippen molar-refractivity contribution < 1.29 is 9.13 Å². The van der Waals surface area contributed by atoms with Crippen molar-refractivity contribution in [2.24, 2.45) is 5.92 Å². The highest BCUT2D eigenvalue weighted by Crippen LogP contribution is 2.28. The second kappa shape index (κ2) is 6.34. The van der Waals surface area contributed by atoms with E-state index in [0.717, 1.165) is 24.6 Å². The first-order valence-electron chi connectivity index (χ1n) is 5.98. The summed E-state index contributed by atoms with van der Waals surface area (Å²) in [4.78, 5) is 0. The zero-order valence-electron chi connectivity index (χ0n) is 9.72. The van der Waals surface area contributed by atoms with Crippen molar-refractivity contribution in [1.82, 2.24) is 5.32 Å².